The van der Waals surface area contributed by atoms with Gasteiger partial charge >= 0.3 is 5.97 Å². The van der Waals surface area contributed by atoms with Crippen LogP contribution in [0.2, 0.25) is 5.02 Å². The van der Waals surface area contributed by atoms with Crippen LogP contribution in [-0.4, -0.2) is 43.4 Å². The van der Waals surface area contributed by atoms with Crippen LogP contribution in [-0.2, 0) is 13.1 Å². The SMILES string of the molecule is Cc1cc(CNC(=O)c2cc(C(=O)NCc3ccc(F)c(F)c3)nc3c(C(=O)Nc4ccccc4Cl)cnn23)ccc1C(=O)O. The first-order valence-corrected chi connectivity index (χ1v) is 13.7. The largest absolute Gasteiger partial charge is 0.478 e. The summed E-state index contributed by atoms with van der Waals surface area (Å²) in [5.41, 5.74) is 1.23. The van der Waals surface area contributed by atoms with Crippen molar-refractivity contribution in [2.24, 2.45) is 0 Å². The minimum absolute atomic E-state index is 0.00215. The number of aryl methyl sites for hydroxylation is 1. The molecular weight excluding hydrogens is 610 g/mol. The lowest BCUT2D eigenvalue weighted by Gasteiger charge is -2.11. The number of benzene rings is 3. The molecule has 0 saturated carbocycles. The molecule has 0 aliphatic rings. The topological polar surface area (TPSA) is 155 Å². The molecule has 0 unspecified atom stereocenters. The van der Waals surface area contributed by atoms with Crippen molar-refractivity contribution in [1.29, 1.82) is 0 Å². The first-order valence-electron chi connectivity index (χ1n) is 13.3. The Hall–Kier alpha value is -5.69. The monoisotopic (exact) mass is 632 g/mol. The molecule has 0 spiro atoms. The molecule has 228 valence electrons. The maximum absolute atomic E-state index is 13.7. The number of aromatic nitrogens is 3. The van der Waals surface area contributed by atoms with Crippen LogP contribution in [0.4, 0.5) is 14.5 Å². The van der Waals surface area contributed by atoms with E-state index in [0.717, 1.165) is 16.6 Å². The van der Waals surface area contributed by atoms with Gasteiger partial charge < -0.3 is 21.1 Å². The van der Waals surface area contributed by atoms with Crippen molar-refractivity contribution in [3.05, 3.63) is 129 Å². The normalized spacial score (nSPS) is 10.8. The van der Waals surface area contributed by atoms with Crippen molar-refractivity contribution in [1.82, 2.24) is 25.2 Å². The van der Waals surface area contributed by atoms with Gasteiger partial charge in [0.25, 0.3) is 17.7 Å². The number of rotatable bonds is 9. The van der Waals surface area contributed by atoms with Crippen LogP contribution in [0.3, 0.4) is 0 Å². The van der Waals surface area contributed by atoms with Crippen LogP contribution >= 0.6 is 11.6 Å². The Labute approximate surface area is 258 Å². The Morgan fingerprint density at radius 2 is 1.53 bits per heavy atom. The van der Waals surface area contributed by atoms with E-state index in [1.165, 1.54) is 24.4 Å². The summed E-state index contributed by atoms with van der Waals surface area (Å²) >= 11 is 6.17. The summed E-state index contributed by atoms with van der Waals surface area (Å²) in [6, 6.07) is 15.5. The molecule has 0 aliphatic heterocycles. The summed E-state index contributed by atoms with van der Waals surface area (Å²) in [7, 11) is 0. The number of carbonyl (C=O) groups is 4. The molecule has 0 bridgehead atoms. The summed E-state index contributed by atoms with van der Waals surface area (Å²) in [5, 5.41) is 21.6. The van der Waals surface area contributed by atoms with Crippen LogP contribution in [0.25, 0.3) is 5.65 Å². The van der Waals surface area contributed by atoms with Crippen molar-refractivity contribution in [3.8, 4) is 0 Å². The van der Waals surface area contributed by atoms with Gasteiger partial charge in [0, 0.05) is 19.2 Å². The van der Waals surface area contributed by atoms with E-state index in [0.29, 0.717) is 16.8 Å². The highest BCUT2D eigenvalue weighted by Gasteiger charge is 2.23. The minimum atomic E-state index is -1.08. The fraction of sp³-hybridized carbons (Fsp3) is 0.0968. The number of amides is 3. The molecule has 5 aromatic rings. The second-order valence-electron chi connectivity index (χ2n) is 9.82. The fourth-order valence-electron chi connectivity index (χ4n) is 4.42. The van der Waals surface area contributed by atoms with E-state index in [2.05, 4.69) is 26.0 Å². The van der Waals surface area contributed by atoms with E-state index in [-0.39, 0.29) is 51.8 Å². The first-order chi connectivity index (χ1) is 21.5. The predicted molar refractivity (Wildman–Crippen MR) is 159 cm³/mol. The number of carbonyl (C=O) groups excluding carboxylic acids is 3. The van der Waals surface area contributed by atoms with E-state index in [1.807, 2.05) is 0 Å². The lowest BCUT2D eigenvalue weighted by molar-refractivity contribution is 0.0695. The summed E-state index contributed by atoms with van der Waals surface area (Å²) in [4.78, 5) is 55.4. The zero-order valence-electron chi connectivity index (χ0n) is 23.4. The molecule has 2 heterocycles. The quantitative estimate of drug-likeness (QED) is 0.182. The van der Waals surface area contributed by atoms with E-state index in [9.17, 15) is 33.1 Å². The molecule has 2 aromatic heterocycles. The zero-order valence-corrected chi connectivity index (χ0v) is 24.2. The van der Waals surface area contributed by atoms with Crippen molar-refractivity contribution < 1.29 is 33.1 Å². The van der Waals surface area contributed by atoms with Gasteiger partial charge in [0.15, 0.2) is 17.3 Å². The number of anilines is 1. The molecule has 0 aliphatic carbocycles. The van der Waals surface area contributed by atoms with Crippen LogP contribution in [0.15, 0.2) is 72.9 Å². The number of carboxylic acid groups (broad SMARTS) is 1. The molecule has 0 atom stereocenters. The summed E-state index contributed by atoms with van der Waals surface area (Å²) in [6.45, 7) is 1.45. The van der Waals surface area contributed by atoms with E-state index >= 15 is 0 Å². The van der Waals surface area contributed by atoms with Gasteiger partial charge in [-0.05, 0) is 53.9 Å². The molecule has 45 heavy (non-hydrogen) atoms. The number of carboxylic acids is 1. The first kappa shape index (κ1) is 30.8. The molecule has 0 fully saturated rings. The average Bonchev–Trinajstić information content (AvgIpc) is 3.45. The lowest BCUT2D eigenvalue weighted by Crippen LogP contribution is -2.29. The summed E-state index contributed by atoms with van der Waals surface area (Å²) < 4.78 is 28.1. The highest BCUT2D eigenvalue weighted by Crippen LogP contribution is 2.22. The maximum Gasteiger partial charge on any atom is 0.335 e. The lowest BCUT2D eigenvalue weighted by atomic mass is 10.1. The Balaban J connectivity index is 1.46. The third kappa shape index (κ3) is 6.78. The zero-order chi connectivity index (χ0) is 32.2. The van der Waals surface area contributed by atoms with Crippen LogP contribution < -0.4 is 16.0 Å². The number of hydrogen-bond donors (Lipinski definition) is 4. The third-order valence-electron chi connectivity index (χ3n) is 6.72. The van der Waals surface area contributed by atoms with Crippen molar-refractivity contribution in [2.45, 2.75) is 20.0 Å². The molecule has 0 radical (unpaired) electrons. The summed E-state index contributed by atoms with van der Waals surface area (Å²) in [6.07, 6.45) is 1.18. The maximum atomic E-state index is 13.7. The van der Waals surface area contributed by atoms with Crippen molar-refractivity contribution in [2.75, 3.05) is 5.32 Å². The van der Waals surface area contributed by atoms with Crippen LogP contribution in [0.5, 0.6) is 0 Å². The molecule has 3 amide bonds. The van der Waals surface area contributed by atoms with Crippen LogP contribution in [0.1, 0.15) is 58.4 Å². The number of nitrogens with zero attached hydrogens (tertiary/aromatic N) is 3. The molecule has 3 aromatic carbocycles. The Bertz CT molecular complexity index is 2000. The highest BCUT2D eigenvalue weighted by atomic mass is 35.5. The van der Waals surface area contributed by atoms with Gasteiger partial charge in [-0.3, -0.25) is 14.4 Å². The molecular formula is C31H23ClF2N6O5. The standard InChI is InChI=1S/C31H23ClF2N6O5/c1-16-10-17(6-8-19(16)31(44)45)13-36-30(43)26-12-25(29(42)35-14-18-7-9-22(33)23(34)11-18)38-27-20(15-37-40(26)27)28(41)39-24-5-3-2-4-21(24)32/h2-12,15H,13-14H2,1H3,(H,35,42)(H,36,43)(H,39,41)(H,44,45). The Kier molecular flexibility index (Phi) is 8.81. The van der Waals surface area contributed by atoms with Gasteiger partial charge in [-0.2, -0.15) is 5.10 Å². The number of aromatic carboxylic acids is 1. The van der Waals surface area contributed by atoms with Crippen LogP contribution in [0, 0.1) is 18.6 Å². The van der Waals surface area contributed by atoms with Gasteiger partial charge in [0.2, 0.25) is 0 Å². The number of nitrogens with one attached hydrogen (secondary N) is 3. The second-order valence-corrected chi connectivity index (χ2v) is 10.2. The van der Waals surface area contributed by atoms with E-state index < -0.39 is 35.3 Å². The molecule has 0 saturated heterocycles. The number of hydrogen-bond acceptors (Lipinski definition) is 6. The number of fused-ring (bicyclic) bond motifs is 1. The molecule has 5 rings (SSSR count). The van der Waals surface area contributed by atoms with Gasteiger partial charge in [-0.25, -0.2) is 23.1 Å². The van der Waals surface area contributed by atoms with E-state index in [1.54, 1.807) is 43.3 Å². The van der Waals surface area contributed by atoms with Gasteiger partial charge in [-0.1, -0.05) is 41.9 Å². The Morgan fingerprint density at radius 1 is 0.844 bits per heavy atom. The highest BCUT2D eigenvalue weighted by molar-refractivity contribution is 6.34. The van der Waals surface area contributed by atoms with Crippen molar-refractivity contribution in [3.63, 3.8) is 0 Å². The second kappa shape index (κ2) is 12.9. The smallest absolute Gasteiger partial charge is 0.335 e. The van der Waals surface area contributed by atoms with Gasteiger partial charge in [0.05, 0.1) is 22.5 Å². The average molecular weight is 633 g/mol. The van der Waals surface area contributed by atoms with Crippen molar-refractivity contribution >= 4 is 46.6 Å². The fourth-order valence-corrected chi connectivity index (χ4v) is 4.61. The number of halogens is 3. The van der Waals surface area contributed by atoms with Gasteiger partial charge in [0.1, 0.15) is 17.0 Å². The number of para-hydroxylation sites is 1. The summed E-state index contributed by atoms with van der Waals surface area (Å²) in [5.74, 6) is -5.31. The predicted octanol–water partition coefficient (Wildman–Crippen LogP) is 4.78. The van der Waals surface area contributed by atoms with E-state index in [4.69, 9.17) is 11.6 Å². The third-order valence-corrected chi connectivity index (χ3v) is 7.04. The minimum Gasteiger partial charge on any atom is -0.478 e. The Morgan fingerprint density at radius 3 is 2.22 bits per heavy atom. The van der Waals surface area contributed by atoms with Gasteiger partial charge in [-0.15, -0.1) is 0 Å². The molecule has 14 heteroatoms. The molecule has 4 N–H and O–H groups in total. The molecule has 11 nitrogen and oxygen atoms in total.